The van der Waals surface area contributed by atoms with Gasteiger partial charge in [0.05, 0.1) is 6.07 Å². The van der Waals surface area contributed by atoms with Crippen molar-refractivity contribution in [2.75, 3.05) is 10.6 Å². The van der Waals surface area contributed by atoms with Crippen LogP contribution in [0.1, 0.15) is 40.5 Å². The van der Waals surface area contributed by atoms with Crippen molar-refractivity contribution in [1.29, 1.82) is 5.26 Å². The fraction of sp³-hybridized carbons (Fsp3) is 0.133. The van der Waals surface area contributed by atoms with Gasteiger partial charge in [0, 0.05) is 28.9 Å². The summed E-state index contributed by atoms with van der Waals surface area (Å²) < 4.78 is 0. The normalized spacial score (nSPS) is 21.6. The van der Waals surface area contributed by atoms with E-state index < -0.39 is 5.41 Å². The highest BCUT2D eigenvalue weighted by Crippen LogP contribution is 2.61. The molecule has 0 aliphatic heterocycles. The van der Waals surface area contributed by atoms with Crippen molar-refractivity contribution >= 4 is 23.0 Å². The summed E-state index contributed by atoms with van der Waals surface area (Å²) in [7, 11) is 0. The average molecular weight is 442 g/mol. The van der Waals surface area contributed by atoms with Crippen LogP contribution >= 0.6 is 0 Å². The first-order chi connectivity index (χ1) is 16.7. The number of nitrogens with zero attached hydrogens (tertiary/aromatic N) is 1. The smallest absolute Gasteiger partial charge is 0.245 e. The molecular weight excluding hydrogens is 418 g/mol. The van der Waals surface area contributed by atoms with Crippen molar-refractivity contribution in [2.45, 2.75) is 18.3 Å². The Hall–Kier alpha value is -4.36. The van der Waals surface area contributed by atoms with Gasteiger partial charge >= 0.3 is 0 Å². The van der Waals surface area contributed by atoms with E-state index in [1.54, 1.807) is 0 Å². The van der Waals surface area contributed by atoms with Gasteiger partial charge in [-0.2, -0.15) is 5.26 Å². The van der Waals surface area contributed by atoms with Crippen LogP contribution in [0.5, 0.6) is 0 Å². The molecule has 3 aliphatic rings. The zero-order chi connectivity index (χ0) is 23.1. The highest BCUT2D eigenvalue weighted by Gasteiger charge is 2.57. The Kier molecular flexibility index (Phi) is 4.71. The first-order valence-corrected chi connectivity index (χ1v) is 11.5. The SMILES string of the molecule is N#CC1(C(=O)Nc2ccc(Nc3ccccc3)cc2)CC2c3ccccc3C1c1ccccc12. The molecule has 4 heteroatoms. The number of nitriles is 1. The van der Waals surface area contributed by atoms with Crippen LogP contribution in [0.4, 0.5) is 17.1 Å². The van der Waals surface area contributed by atoms with E-state index >= 15 is 0 Å². The van der Waals surface area contributed by atoms with Gasteiger partial charge in [0.15, 0.2) is 0 Å². The minimum atomic E-state index is -1.16. The molecule has 4 aromatic carbocycles. The average Bonchev–Trinajstić information content (AvgIpc) is 2.90. The number of para-hydroxylation sites is 1. The van der Waals surface area contributed by atoms with E-state index in [1.807, 2.05) is 78.9 Å². The minimum absolute atomic E-state index is 0.0419. The highest BCUT2D eigenvalue weighted by molar-refractivity contribution is 5.99. The standard InChI is InChI=1S/C30H23N3O/c31-19-30(29(34)33-22-16-14-21(15-17-22)32-20-8-2-1-3-9-20)18-27-23-10-4-6-12-25(23)28(30)26-13-7-5-11-24(26)27/h1-17,27-28,32H,18H2,(H,33,34). The molecule has 0 spiro atoms. The summed E-state index contributed by atoms with van der Waals surface area (Å²) in [6, 6.07) is 36.5. The Labute approximate surface area is 198 Å². The molecule has 1 unspecified atom stereocenters. The first kappa shape index (κ1) is 20.3. The van der Waals surface area contributed by atoms with E-state index in [9.17, 15) is 10.1 Å². The van der Waals surface area contributed by atoms with Crippen LogP contribution in [0.3, 0.4) is 0 Å². The molecule has 3 aliphatic carbocycles. The Morgan fingerprint density at radius 3 is 1.79 bits per heavy atom. The maximum atomic E-state index is 13.8. The number of nitrogens with one attached hydrogen (secondary N) is 2. The monoisotopic (exact) mass is 441 g/mol. The third kappa shape index (κ3) is 3.09. The van der Waals surface area contributed by atoms with Crippen LogP contribution < -0.4 is 10.6 Å². The molecule has 164 valence electrons. The van der Waals surface area contributed by atoms with Crippen molar-refractivity contribution in [3.8, 4) is 6.07 Å². The minimum Gasteiger partial charge on any atom is -0.356 e. The molecule has 2 N–H and O–H groups in total. The largest absolute Gasteiger partial charge is 0.356 e. The van der Waals surface area contributed by atoms with Crippen LogP contribution in [0.2, 0.25) is 0 Å². The zero-order valence-corrected chi connectivity index (χ0v) is 18.5. The summed E-state index contributed by atoms with van der Waals surface area (Å²) in [4.78, 5) is 13.8. The number of benzene rings is 4. The maximum absolute atomic E-state index is 13.8. The summed E-state index contributed by atoms with van der Waals surface area (Å²) in [6.07, 6.45) is 0.488. The highest BCUT2D eigenvalue weighted by atomic mass is 16.2. The van der Waals surface area contributed by atoms with Gasteiger partial charge in [-0.1, -0.05) is 66.7 Å². The second-order valence-electron chi connectivity index (χ2n) is 9.05. The molecule has 0 saturated carbocycles. The Bertz CT molecular complexity index is 1370. The zero-order valence-electron chi connectivity index (χ0n) is 18.5. The lowest BCUT2D eigenvalue weighted by molar-refractivity contribution is -0.124. The number of rotatable bonds is 4. The molecule has 34 heavy (non-hydrogen) atoms. The molecule has 1 atom stereocenters. The quantitative estimate of drug-likeness (QED) is 0.377. The number of anilines is 3. The summed E-state index contributed by atoms with van der Waals surface area (Å²) in [5.41, 5.74) is 6.11. The second kappa shape index (κ2) is 7.90. The molecule has 0 aromatic heterocycles. The Morgan fingerprint density at radius 2 is 1.21 bits per heavy atom. The number of fused-ring (bicyclic) bond motifs is 1. The second-order valence-corrected chi connectivity index (χ2v) is 9.05. The van der Waals surface area contributed by atoms with E-state index in [4.69, 9.17) is 0 Å². The van der Waals surface area contributed by atoms with Crippen LogP contribution in [0, 0.1) is 16.7 Å². The van der Waals surface area contributed by atoms with Gasteiger partial charge in [-0.25, -0.2) is 0 Å². The van der Waals surface area contributed by atoms with Crippen LogP contribution in [0.15, 0.2) is 103 Å². The van der Waals surface area contributed by atoms with Crippen molar-refractivity contribution in [2.24, 2.45) is 5.41 Å². The maximum Gasteiger partial charge on any atom is 0.245 e. The van der Waals surface area contributed by atoms with Gasteiger partial charge in [-0.05, 0) is 65.1 Å². The van der Waals surface area contributed by atoms with Gasteiger partial charge in [-0.3, -0.25) is 4.79 Å². The van der Waals surface area contributed by atoms with E-state index in [0.717, 1.165) is 22.5 Å². The molecule has 0 saturated heterocycles. The van der Waals surface area contributed by atoms with Gasteiger partial charge in [-0.15, -0.1) is 0 Å². The van der Waals surface area contributed by atoms with Crippen molar-refractivity contribution < 1.29 is 4.79 Å². The number of hydrogen-bond donors (Lipinski definition) is 2. The molecule has 0 heterocycles. The lowest BCUT2D eigenvalue weighted by atomic mass is 9.52. The van der Waals surface area contributed by atoms with E-state index in [0.29, 0.717) is 12.1 Å². The molecule has 0 radical (unpaired) electrons. The summed E-state index contributed by atoms with van der Waals surface area (Å²) in [6.45, 7) is 0. The number of carbonyl (C=O) groups is 1. The summed E-state index contributed by atoms with van der Waals surface area (Å²) in [5, 5.41) is 16.8. The van der Waals surface area contributed by atoms with Crippen LogP contribution in [0.25, 0.3) is 0 Å². The van der Waals surface area contributed by atoms with Crippen molar-refractivity contribution in [1.82, 2.24) is 0 Å². The predicted octanol–water partition coefficient (Wildman–Crippen LogP) is 6.56. The predicted molar refractivity (Wildman–Crippen MR) is 134 cm³/mol. The van der Waals surface area contributed by atoms with Crippen molar-refractivity contribution in [3.63, 3.8) is 0 Å². The van der Waals surface area contributed by atoms with Gasteiger partial charge in [0.1, 0.15) is 5.41 Å². The third-order valence-electron chi connectivity index (χ3n) is 7.19. The number of amides is 1. The molecule has 1 amide bonds. The van der Waals surface area contributed by atoms with E-state index in [1.165, 1.54) is 11.1 Å². The number of hydrogen-bond acceptors (Lipinski definition) is 3. The number of carbonyl (C=O) groups excluding carboxylic acids is 1. The van der Waals surface area contributed by atoms with Gasteiger partial charge < -0.3 is 10.6 Å². The molecular formula is C30H23N3O. The topological polar surface area (TPSA) is 64.9 Å². The fourth-order valence-corrected chi connectivity index (χ4v) is 5.66. The van der Waals surface area contributed by atoms with E-state index in [2.05, 4.69) is 41.0 Å². The first-order valence-electron chi connectivity index (χ1n) is 11.5. The molecule has 0 fully saturated rings. The molecule has 7 rings (SSSR count). The lowest BCUT2D eigenvalue weighted by Gasteiger charge is -2.48. The Balaban J connectivity index is 1.31. The van der Waals surface area contributed by atoms with Gasteiger partial charge in [0.2, 0.25) is 5.91 Å². The fourth-order valence-electron chi connectivity index (χ4n) is 5.66. The molecule has 4 nitrogen and oxygen atoms in total. The Morgan fingerprint density at radius 1 is 0.706 bits per heavy atom. The lowest BCUT2D eigenvalue weighted by Crippen LogP contribution is -2.48. The third-order valence-corrected chi connectivity index (χ3v) is 7.19. The molecule has 4 aromatic rings. The summed E-state index contributed by atoms with van der Waals surface area (Å²) >= 11 is 0. The van der Waals surface area contributed by atoms with Crippen LogP contribution in [-0.2, 0) is 4.79 Å². The van der Waals surface area contributed by atoms with Crippen LogP contribution in [-0.4, -0.2) is 5.91 Å². The molecule has 2 bridgehead atoms. The van der Waals surface area contributed by atoms with Crippen molar-refractivity contribution in [3.05, 3.63) is 125 Å². The van der Waals surface area contributed by atoms with E-state index in [-0.39, 0.29) is 17.7 Å². The van der Waals surface area contributed by atoms with Gasteiger partial charge in [0.25, 0.3) is 0 Å². The summed E-state index contributed by atoms with van der Waals surface area (Å²) in [5.74, 6) is -0.480.